The molecular weight excluding hydrogens is 208 g/mol. The van der Waals surface area contributed by atoms with Crippen molar-refractivity contribution in [3.8, 4) is 6.01 Å². The van der Waals surface area contributed by atoms with Crippen LogP contribution in [-0.4, -0.2) is 28.1 Å². The summed E-state index contributed by atoms with van der Waals surface area (Å²) in [6, 6.07) is 0.603. The van der Waals surface area contributed by atoms with Crippen LogP contribution in [0.2, 0.25) is 0 Å². The largest absolute Gasteiger partial charge is 0.467 e. The van der Waals surface area contributed by atoms with Gasteiger partial charge in [-0.25, -0.2) is 5.84 Å². The molecule has 1 aliphatic carbocycles. The molecule has 1 aromatic heterocycles. The van der Waals surface area contributed by atoms with Crippen LogP contribution in [0.25, 0.3) is 0 Å². The summed E-state index contributed by atoms with van der Waals surface area (Å²) in [5, 5.41) is 3.22. The van der Waals surface area contributed by atoms with Crippen LogP contribution in [0.4, 0.5) is 11.9 Å². The fraction of sp³-hybridized carbons (Fsp3) is 0.667. The number of nitrogen functional groups attached to an aromatic ring is 1. The van der Waals surface area contributed by atoms with Crippen LogP contribution in [-0.2, 0) is 0 Å². The van der Waals surface area contributed by atoms with Gasteiger partial charge in [-0.1, -0.05) is 0 Å². The zero-order valence-electron chi connectivity index (χ0n) is 9.40. The number of hydrogen-bond donors (Lipinski definition) is 3. The van der Waals surface area contributed by atoms with E-state index in [0.717, 1.165) is 5.92 Å². The predicted molar refractivity (Wildman–Crippen MR) is 60.0 cm³/mol. The molecule has 0 radical (unpaired) electrons. The van der Waals surface area contributed by atoms with Gasteiger partial charge in [0.05, 0.1) is 7.11 Å². The summed E-state index contributed by atoms with van der Waals surface area (Å²) >= 11 is 0. The molecule has 2 rings (SSSR count). The molecule has 7 nitrogen and oxygen atoms in total. The van der Waals surface area contributed by atoms with Gasteiger partial charge in [0.1, 0.15) is 0 Å². The number of hydrazine groups is 1. The van der Waals surface area contributed by atoms with Gasteiger partial charge in [0.2, 0.25) is 11.9 Å². The highest BCUT2D eigenvalue weighted by Crippen LogP contribution is 2.33. The van der Waals surface area contributed by atoms with Gasteiger partial charge in [0.15, 0.2) is 0 Å². The smallest absolute Gasteiger partial charge is 0.322 e. The Morgan fingerprint density at radius 3 is 2.56 bits per heavy atom. The summed E-state index contributed by atoms with van der Waals surface area (Å²) in [7, 11) is 1.50. The van der Waals surface area contributed by atoms with Crippen LogP contribution >= 0.6 is 0 Å². The Balaban J connectivity index is 2.11. The molecule has 4 N–H and O–H groups in total. The molecule has 0 bridgehead atoms. The van der Waals surface area contributed by atoms with Crippen LogP contribution in [0.1, 0.15) is 19.8 Å². The average molecular weight is 224 g/mol. The number of methoxy groups -OCH3 is 1. The number of nitrogens with two attached hydrogens (primary N) is 1. The molecule has 16 heavy (non-hydrogen) atoms. The van der Waals surface area contributed by atoms with E-state index < -0.39 is 0 Å². The summed E-state index contributed by atoms with van der Waals surface area (Å²) in [5.74, 6) is 6.75. The molecule has 0 amide bonds. The van der Waals surface area contributed by atoms with Crippen LogP contribution < -0.4 is 21.3 Å². The van der Waals surface area contributed by atoms with Crippen molar-refractivity contribution < 1.29 is 4.74 Å². The van der Waals surface area contributed by atoms with Crippen molar-refractivity contribution in [3.05, 3.63) is 0 Å². The monoisotopic (exact) mass is 224 g/mol. The van der Waals surface area contributed by atoms with Crippen LogP contribution in [0.5, 0.6) is 6.01 Å². The van der Waals surface area contributed by atoms with Crippen molar-refractivity contribution in [2.45, 2.75) is 25.8 Å². The zero-order chi connectivity index (χ0) is 11.5. The SMILES string of the molecule is COc1nc(NN)nc(NC(C)C2CC2)n1. The Labute approximate surface area is 93.8 Å². The lowest BCUT2D eigenvalue weighted by atomic mass is 10.2. The zero-order valence-corrected chi connectivity index (χ0v) is 9.40. The molecule has 0 spiro atoms. The van der Waals surface area contributed by atoms with Gasteiger partial charge in [0, 0.05) is 6.04 Å². The highest BCUT2D eigenvalue weighted by atomic mass is 16.5. The third-order valence-corrected chi connectivity index (χ3v) is 2.61. The van der Waals surface area contributed by atoms with E-state index in [4.69, 9.17) is 10.6 Å². The van der Waals surface area contributed by atoms with E-state index in [1.807, 2.05) is 0 Å². The van der Waals surface area contributed by atoms with E-state index in [0.29, 0.717) is 12.0 Å². The fourth-order valence-corrected chi connectivity index (χ4v) is 1.49. The maximum absolute atomic E-state index is 5.26. The molecule has 1 saturated carbocycles. The molecule has 0 aliphatic heterocycles. The maximum atomic E-state index is 5.26. The second-order valence-corrected chi connectivity index (χ2v) is 3.88. The minimum absolute atomic E-state index is 0.244. The van der Waals surface area contributed by atoms with Gasteiger partial charge in [-0.05, 0) is 25.7 Å². The van der Waals surface area contributed by atoms with E-state index in [1.54, 1.807) is 0 Å². The first-order chi connectivity index (χ1) is 7.72. The normalized spacial score (nSPS) is 16.7. The minimum Gasteiger partial charge on any atom is -0.467 e. The second-order valence-electron chi connectivity index (χ2n) is 3.88. The van der Waals surface area contributed by atoms with Crippen molar-refractivity contribution >= 4 is 11.9 Å². The summed E-state index contributed by atoms with van der Waals surface area (Å²) < 4.78 is 4.96. The van der Waals surface area contributed by atoms with Crippen LogP contribution in [0, 0.1) is 5.92 Å². The first-order valence-corrected chi connectivity index (χ1v) is 5.26. The topological polar surface area (TPSA) is 98.0 Å². The fourth-order valence-electron chi connectivity index (χ4n) is 1.49. The molecule has 1 aromatic rings. The molecule has 1 heterocycles. The predicted octanol–water partition coefficient (Wildman–Crippen LogP) is 0.376. The maximum Gasteiger partial charge on any atom is 0.322 e. The molecule has 0 saturated heterocycles. The van der Waals surface area contributed by atoms with E-state index >= 15 is 0 Å². The van der Waals surface area contributed by atoms with Crippen molar-refractivity contribution in [2.75, 3.05) is 17.9 Å². The average Bonchev–Trinajstić information content (AvgIpc) is 3.12. The van der Waals surface area contributed by atoms with Gasteiger partial charge in [-0.2, -0.15) is 15.0 Å². The number of aromatic nitrogens is 3. The van der Waals surface area contributed by atoms with Crippen LogP contribution in [0.3, 0.4) is 0 Å². The Hall–Kier alpha value is -1.63. The first kappa shape index (κ1) is 10.9. The highest BCUT2D eigenvalue weighted by Gasteiger charge is 2.28. The number of anilines is 2. The third kappa shape index (κ3) is 2.48. The minimum atomic E-state index is 0.244. The Bertz CT molecular complexity index is 345. The van der Waals surface area contributed by atoms with Crippen molar-refractivity contribution in [2.24, 2.45) is 11.8 Å². The Kier molecular flexibility index (Phi) is 3.04. The van der Waals surface area contributed by atoms with E-state index in [1.165, 1.54) is 20.0 Å². The standard InChI is InChI=1S/C9H16N6O/c1-5(6-3-4-6)11-7-12-8(15-10)14-9(13-7)16-2/h5-6H,3-4,10H2,1-2H3,(H2,11,12,13,14,15). The molecular formula is C9H16N6O. The van der Waals surface area contributed by atoms with E-state index in [9.17, 15) is 0 Å². The summed E-state index contributed by atoms with van der Waals surface area (Å²) in [5.41, 5.74) is 2.38. The van der Waals surface area contributed by atoms with Gasteiger partial charge in [0.25, 0.3) is 0 Å². The summed E-state index contributed by atoms with van der Waals surface area (Å²) in [4.78, 5) is 12.1. The Morgan fingerprint density at radius 1 is 1.31 bits per heavy atom. The lowest BCUT2D eigenvalue weighted by Gasteiger charge is -2.13. The quantitative estimate of drug-likeness (QED) is 0.491. The van der Waals surface area contributed by atoms with Gasteiger partial charge in [-0.15, -0.1) is 0 Å². The molecule has 1 unspecified atom stereocenters. The molecule has 88 valence electrons. The number of nitrogens with zero attached hydrogens (tertiary/aromatic N) is 3. The van der Waals surface area contributed by atoms with E-state index in [2.05, 4.69) is 32.6 Å². The number of nitrogens with one attached hydrogen (secondary N) is 2. The van der Waals surface area contributed by atoms with Crippen molar-refractivity contribution in [3.63, 3.8) is 0 Å². The lowest BCUT2D eigenvalue weighted by Crippen LogP contribution is -2.21. The molecule has 7 heteroatoms. The lowest BCUT2D eigenvalue weighted by molar-refractivity contribution is 0.379. The van der Waals surface area contributed by atoms with Crippen LogP contribution in [0.15, 0.2) is 0 Å². The highest BCUT2D eigenvalue weighted by molar-refractivity contribution is 5.35. The van der Waals surface area contributed by atoms with Gasteiger partial charge < -0.3 is 10.1 Å². The molecule has 1 atom stereocenters. The second kappa shape index (κ2) is 4.48. The Morgan fingerprint density at radius 2 is 2.00 bits per heavy atom. The van der Waals surface area contributed by atoms with Gasteiger partial charge >= 0.3 is 6.01 Å². The number of ether oxygens (including phenoxy) is 1. The van der Waals surface area contributed by atoms with Crippen molar-refractivity contribution in [1.29, 1.82) is 0 Å². The number of rotatable bonds is 5. The van der Waals surface area contributed by atoms with Crippen molar-refractivity contribution in [1.82, 2.24) is 15.0 Å². The summed E-state index contributed by atoms with van der Waals surface area (Å²) in [6.45, 7) is 2.11. The third-order valence-electron chi connectivity index (χ3n) is 2.61. The van der Waals surface area contributed by atoms with Gasteiger partial charge in [-0.3, -0.25) is 5.43 Å². The molecule has 0 aromatic carbocycles. The van der Waals surface area contributed by atoms with E-state index in [-0.39, 0.29) is 12.0 Å². The molecule has 1 fully saturated rings. The molecule has 1 aliphatic rings. The summed E-state index contributed by atoms with van der Waals surface area (Å²) in [6.07, 6.45) is 2.52. The first-order valence-electron chi connectivity index (χ1n) is 5.26. The number of hydrogen-bond acceptors (Lipinski definition) is 7.